The van der Waals surface area contributed by atoms with Gasteiger partial charge in [-0.25, -0.2) is 4.79 Å². The standard InChI is InChI=1S/C21H25NO5S/c1-3-26-21(24)18-16-6-4-5-7-17(16)28-20(18)22-19(23)14-8-10-15(11-9-14)27-13-12-25-2/h8-11H,3-7,12-13H2,1-2H3,(H,22,23). The van der Waals surface area contributed by atoms with Gasteiger partial charge in [0, 0.05) is 17.6 Å². The minimum Gasteiger partial charge on any atom is -0.491 e. The molecule has 1 amide bonds. The van der Waals surface area contributed by atoms with Crippen LogP contribution in [-0.4, -0.2) is 38.8 Å². The van der Waals surface area contributed by atoms with E-state index < -0.39 is 0 Å². The molecule has 0 fully saturated rings. The van der Waals surface area contributed by atoms with Crippen LogP contribution >= 0.6 is 11.3 Å². The van der Waals surface area contributed by atoms with E-state index in [9.17, 15) is 9.59 Å². The number of rotatable bonds is 8. The summed E-state index contributed by atoms with van der Waals surface area (Å²) in [6.45, 7) is 3.04. The van der Waals surface area contributed by atoms with Crippen LogP contribution in [-0.2, 0) is 22.3 Å². The van der Waals surface area contributed by atoms with Gasteiger partial charge < -0.3 is 19.5 Å². The summed E-state index contributed by atoms with van der Waals surface area (Å²) in [6, 6.07) is 6.90. The number of benzene rings is 1. The van der Waals surface area contributed by atoms with Crippen molar-refractivity contribution in [3.05, 3.63) is 45.8 Å². The molecule has 1 aliphatic rings. The lowest BCUT2D eigenvalue weighted by atomic mass is 9.95. The molecule has 7 heteroatoms. The molecule has 6 nitrogen and oxygen atoms in total. The van der Waals surface area contributed by atoms with Crippen LogP contribution in [0.3, 0.4) is 0 Å². The maximum absolute atomic E-state index is 12.7. The lowest BCUT2D eigenvalue weighted by molar-refractivity contribution is 0.0526. The highest BCUT2D eigenvalue weighted by molar-refractivity contribution is 7.17. The number of ether oxygens (including phenoxy) is 3. The quantitative estimate of drug-likeness (QED) is 0.531. The van der Waals surface area contributed by atoms with Gasteiger partial charge in [0.25, 0.3) is 5.91 Å². The number of hydrogen-bond acceptors (Lipinski definition) is 6. The van der Waals surface area contributed by atoms with Gasteiger partial charge in [-0.2, -0.15) is 0 Å². The molecule has 2 aromatic rings. The van der Waals surface area contributed by atoms with E-state index in [1.165, 1.54) is 16.2 Å². The summed E-state index contributed by atoms with van der Waals surface area (Å²) in [5.74, 6) is 0.0547. The normalized spacial score (nSPS) is 12.9. The first kappa shape index (κ1) is 20.4. The Labute approximate surface area is 168 Å². The van der Waals surface area contributed by atoms with Gasteiger partial charge in [0.2, 0.25) is 0 Å². The van der Waals surface area contributed by atoms with E-state index in [1.54, 1.807) is 38.3 Å². The third-order valence-electron chi connectivity index (χ3n) is 4.55. The first-order valence-electron chi connectivity index (χ1n) is 9.48. The number of nitrogens with one attached hydrogen (secondary N) is 1. The van der Waals surface area contributed by atoms with E-state index in [-0.39, 0.29) is 11.9 Å². The number of amides is 1. The predicted octanol–water partition coefficient (Wildman–Crippen LogP) is 4.08. The van der Waals surface area contributed by atoms with Crippen LogP contribution in [0, 0.1) is 0 Å². The fourth-order valence-corrected chi connectivity index (χ4v) is 4.47. The number of carbonyl (C=O) groups is 2. The van der Waals surface area contributed by atoms with Crippen molar-refractivity contribution in [3.8, 4) is 5.75 Å². The van der Waals surface area contributed by atoms with Gasteiger partial charge >= 0.3 is 5.97 Å². The average molecular weight is 404 g/mol. The second kappa shape index (κ2) is 9.71. The summed E-state index contributed by atoms with van der Waals surface area (Å²) >= 11 is 1.48. The number of thiophene rings is 1. The lowest BCUT2D eigenvalue weighted by Crippen LogP contribution is -2.15. The number of esters is 1. The third kappa shape index (κ3) is 4.72. The smallest absolute Gasteiger partial charge is 0.341 e. The minimum atomic E-state index is -0.362. The van der Waals surface area contributed by atoms with Crippen LogP contribution in [0.15, 0.2) is 24.3 Å². The predicted molar refractivity (Wildman–Crippen MR) is 109 cm³/mol. The van der Waals surface area contributed by atoms with Gasteiger partial charge in [-0.05, 0) is 62.4 Å². The van der Waals surface area contributed by atoms with E-state index in [0.717, 1.165) is 31.2 Å². The molecule has 1 heterocycles. The van der Waals surface area contributed by atoms with Crippen molar-refractivity contribution < 1.29 is 23.8 Å². The zero-order valence-electron chi connectivity index (χ0n) is 16.2. The Kier molecular flexibility index (Phi) is 7.06. The largest absolute Gasteiger partial charge is 0.491 e. The molecular formula is C21H25NO5S. The monoisotopic (exact) mass is 403 g/mol. The molecule has 0 bridgehead atoms. The van der Waals surface area contributed by atoms with E-state index in [1.807, 2.05) is 0 Å². The van der Waals surface area contributed by atoms with Crippen molar-refractivity contribution >= 4 is 28.2 Å². The van der Waals surface area contributed by atoms with E-state index >= 15 is 0 Å². The van der Waals surface area contributed by atoms with Crippen LogP contribution in [0.4, 0.5) is 5.00 Å². The molecule has 0 spiro atoms. The zero-order valence-corrected chi connectivity index (χ0v) is 17.0. The SMILES string of the molecule is CCOC(=O)c1c(NC(=O)c2ccc(OCCOC)cc2)sc2c1CCCC2. The van der Waals surface area contributed by atoms with Crippen molar-refractivity contribution in [2.24, 2.45) is 0 Å². The first-order valence-corrected chi connectivity index (χ1v) is 10.3. The molecule has 0 radical (unpaired) electrons. The molecule has 0 saturated carbocycles. The van der Waals surface area contributed by atoms with Gasteiger partial charge in [0.05, 0.1) is 18.8 Å². The number of anilines is 1. The second-order valence-electron chi connectivity index (χ2n) is 6.46. The summed E-state index contributed by atoms with van der Waals surface area (Å²) in [7, 11) is 1.61. The summed E-state index contributed by atoms with van der Waals surface area (Å²) in [6.07, 6.45) is 3.95. The molecule has 150 valence electrons. The Hall–Kier alpha value is -2.38. The van der Waals surface area contributed by atoms with Gasteiger partial charge in [0.15, 0.2) is 0 Å². The van der Waals surface area contributed by atoms with Crippen molar-refractivity contribution in [2.45, 2.75) is 32.6 Å². The maximum Gasteiger partial charge on any atom is 0.341 e. The van der Waals surface area contributed by atoms with Gasteiger partial charge in [-0.3, -0.25) is 4.79 Å². The molecule has 0 saturated heterocycles. The van der Waals surface area contributed by atoms with Gasteiger partial charge in [0.1, 0.15) is 17.4 Å². The van der Waals surface area contributed by atoms with Crippen LogP contribution in [0.2, 0.25) is 0 Å². The first-order chi connectivity index (χ1) is 13.6. The Morgan fingerprint density at radius 3 is 2.57 bits per heavy atom. The molecule has 1 N–H and O–H groups in total. The molecule has 3 rings (SSSR count). The highest BCUT2D eigenvalue weighted by Gasteiger charge is 2.27. The number of aryl methyl sites for hydroxylation is 1. The van der Waals surface area contributed by atoms with Crippen LogP contribution in [0.5, 0.6) is 5.75 Å². The molecule has 0 aliphatic heterocycles. The maximum atomic E-state index is 12.7. The van der Waals surface area contributed by atoms with Crippen LogP contribution < -0.4 is 10.1 Å². The number of carbonyl (C=O) groups excluding carboxylic acids is 2. The summed E-state index contributed by atoms with van der Waals surface area (Å²) in [4.78, 5) is 26.4. The van der Waals surface area contributed by atoms with Crippen LogP contribution in [0.25, 0.3) is 0 Å². The molecule has 0 unspecified atom stereocenters. The van der Waals surface area contributed by atoms with Gasteiger partial charge in [-0.1, -0.05) is 0 Å². The van der Waals surface area contributed by atoms with E-state index in [0.29, 0.717) is 41.7 Å². The lowest BCUT2D eigenvalue weighted by Gasteiger charge is -2.12. The Morgan fingerprint density at radius 2 is 1.86 bits per heavy atom. The van der Waals surface area contributed by atoms with Crippen molar-refractivity contribution in [1.29, 1.82) is 0 Å². The van der Waals surface area contributed by atoms with Crippen molar-refractivity contribution in [2.75, 3.05) is 32.2 Å². The summed E-state index contributed by atoms with van der Waals surface area (Å²) in [5.41, 5.74) is 2.06. The highest BCUT2D eigenvalue weighted by atomic mass is 32.1. The minimum absolute atomic E-state index is 0.257. The second-order valence-corrected chi connectivity index (χ2v) is 7.56. The van der Waals surface area contributed by atoms with Crippen molar-refractivity contribution in [3.63, 3.8) is 0 Å². The molecule has 1 aliphatic carbocycles. The average Bonchev–Trinajstić information content (AvgIpc) is 3.06. The third-order valence-corrected chi connectivity index (χ3v) is 5.76. The molecular weight excluding hydrogens is 378 g/mol. The highest BCUT2D eigenvalue weighted by Crippen LogP contribution is 2.38. The number of fused-ring (bicyclic) bond motifs is 1. The van der Waals surface area contributed by atoms with Crippen molar-refractivity contribution in [1.82, 2.24) is 0 Å². The topological polar surface area (TPSA) is 73.9 Å². The van der Waals surface area contributed by atoms with Gasteiger partial charge in [-0.15, -0.1) is 11.3 Å². The molecule has 28 heavy (non-hydrogen) atoms. The molecule has 0 atom stereocenters. The molecule has 1 aromatic heterocycles. The van der Waals surface area contributed by atoms with Crippen LogP contribution in [0.1, 0.15) is 50.9 Å². The Balaban J connectivity index is 1.76. The van der Waals surface area contributed by atoms with E-state index in [2.05, 4.69) is 5.32 Å². The Morgan fingerprint density at radius 1 is 1.11 bits per heavy atom. The number of hydrogen-bond donors (Lipinski definition) is 1. The number of methoxy groups -OCH3 is 1. The fourth-order valence-electron chi connectivity index (χ4n) is 3.19. The fraction of sp³-hybridized carbons (Fsp3) is 0.429. The van der Waals surface area contributed by atoms with E-state index in [4.69, 9.17) is 14.2 Å². The summed E-state index contributed by atoms with van der Waals surface area (Å²) < 4.78 is 15.7. The molecule has 1 aromatic carbocycles. The Bertz CT molecular complexity index is 828. The summed E-state index contributed by atoms with van der Waals surface area (Å²) in [5, 5.41) is 3.49. The zero-order chi connectivity index (χ0) is 19.9.